The molecule has 0 saturated carbocycles. The van der Waals surface area contributed by atoms with Crippen molar-refractivity contribution in [3.8, 4) is 0 Å². The Bertz CT molecular complexity index is 45.6. The van der Waals surface area contributed by atoms with E-state index in [1.54, 1.807) is 0 Å². The van der Waals surface area contributed by atoms with Gasteiger partial charge in [-0.15, -0.1) is 0 Å². The monoisotopic (exact) mass is 72.0 g/mol. The Labute approximate surface area is 29.2 Å². The van der Waals surface area contributed by atoms with Crippen molar-refractivity contribution in [3.05, 3.63) is 0 Å². The lowest BCUT2D eigenvalue weighted by atomic mass is 11.4. The minimum absolute atomic E-state index is 0.222. The SMILES string of the molecule is [C]1=NOCO1. The molecule has 3 nitrogen and oxygen atoms in total. The zero-order valence-electron chi connectivity index (χ0n) is 2.47. The molecule has 0 bridgehead atoms. The van der Waals surface area contributed by atoms with Crippen LogP contribution in [0.1, 0.15) is 0 Å². The summed E-state index contributed by atoms with van der Waals surface area (Å²) >= 11 is 0. The molecule has 27 valence electrons. The largest absolute Gasteiger partial charge is 0.432 e. The molecule has 5 heavy (non-hydrogen) atoms. The lowest BCUT2D eigenvalue weighted by Crippen LogP contribution is -1.77. The molecule has 1 rings (SSSR count). The normalized spacial score (nSPS) is 17.6. The molecule has 0 saturated heterocycles. The van der Waals surface area contributed by atoms with Gasteiger partial charge in [0, 0.05) is 0 Å². The van der Waals surface area contributed by atoms with E-state index >= 15 is 0 Å². The van der Waals surface area contributed by atoms with Crippen molar-refractivity contribution >= 4 is 6.40 Å². The Hall–Kier alpha value is -0.730. The third-order valence-corrected chi connectivity index (χ3v) is 0.278. The fraction of sp³-hybridized carbons (Fsp3) is 0.500. The summed E-state index contributed by atoms with van der Waals surface area (Å²) in [6.45, 7) is 0.222. The first-order chi connectivity index (χ1) is 2.50. The van der Waals surface area contributed by atoms with Gasteiger partial charge < -0.3 is 9.57 Å². The van der Waals surface area contributed by atoms with E-state index in [0.29, 0.717) is 0 Å². The van der Waals surface area contributed by atoms with Gasteiger partial charge in [0.2, 0.25) is 0 Å². The van der Waals surface area contributed by atoms with Crippen LogP contribution in [-0.4, -0.2) is 13.2 Å². The average molecular weight is 72.0 g/mol. The zero-order chi connectivity index (χ0) is 3.54. The summed E-state index contributed by atoms with van der Waals surface area (Å²) in [6, 6.07) is 0. The lowest BCUT2D eigenvalue weighted by molar-refractivity contribution is 0.0595. The highest BCUT2D eigenvalue weighted by Crippen LogP contribution is 1.81. The second kappa shape index (κ2) is 0.924. The zero-order valence-corrected chi connectivity index (χ0v) is 2.47. The predicted octanol–water partition coefficient (Wildman–Crippen LogP) is -0.189. The summed E-state index contributed by atoms with van der Waals surface area (Å²) in [4.78, 5) is 4.24. The summed E-state index contributed by atoms with van der Waals surface area (Å²) in [5.41, 5.74) is 0. The number of nitrogens with zero attached hydrogens (tertiary/aromatic N) is 1. The molecule has 0 aromatic heterocycles. The summed E-state index contributed by atoms with van der Waals surface area (Å²) in [5, 5.41) is 3.11. The van der Waals surface area contributed by atoms with Gasteiger partial charge in [-0.05, 0) is 5.16 Å². The van der Waals surface area contributed by atoms with Gasteiger partial charge in [-0.2, -0.15) is 0 Å². The van der Waals surface area contributed by atoms with Crippen molar-refractivity contribution in [2.45, 2.75) is 0 Å². The molecule has 0 unspecified atom stereocenters. The first kappa shape index (κ1) is 2.50. The Morgan fingerprint density at radius 1 is 1.80 bits per heavy atom. The topological polar surface area (TPSA) is 30.8 Å². The molecule has 1 radical (unpaired) electrons. The third kappa shape index (κ3) is 0.289. The van der Waals surface area contributed by atoms with Crippen LogP contribution in [0.2, 0.25) is 0 Å². The van der Waals surface area contributed by atoms with Crippen LogP contribution in [0.3, 0.4) is 0 Å². The van der Waals surface area contributed by atoms with Crippen molar-refractivity contribution in [2.75, 3.05) is 6.79 Å². The number of ether oxygens (including phenoxy) is 1. The fourth-order valence-corrected chi connectivity index (χ4v) is 0.132. The van der Waals surface area contributed by atoms with Crippen LogP contribution in [-0.2, 0) is 9.57 Å². The highest BCUT2D eigenvalue weighted by molar-refractivity contribution is 5.45. The molecular formula is C2H2NO2. The summed E-state index contributed by atoms with van der Waals surface area (Å²) in [7, 11) is 0. The quantitative estimate of drug-likeness (QED) is 0.397. The maximum absolute atomic E-state index is 4.31. The van der Waals surface area contributed by atoms with E-state index in [0.717, 1.165) is 0 Å². The van der Waals surface area contributed by atoms with Crippen molar-refractivity contribution in [1.29, 1.82) is 0 Å². The number of hydrogen-bond donors (Lipinski definition) is 0. The minimum Gasteiger partial charge on any atom is -0.432 e. The van der Waals surface area contributed by atoms with E-state index in [1.165, 1.54) is 0 Å². The maximum atomic E-state index is 4.31. The molecule has 0 atom stereocenters. The van der Waals surface area contributed by atoms with Gasteiger partial charge in [0.1, 0.15) is 0 Å². The van der Waals surface area contributed by atoms with Gasteiger partial charge in [0.05, 0.1) is 0 Å². The third-order valence-electron chi connectivity index (χ3n) is 0.278. The van der Waals surface area contributed by atoms with Crippen molar-refractivity contribution < 1.29 is 9.57 Å². The molecule has 0 aromatic rings. The number of hydrogen-bond acceptors (Lipinski definition) is 3. The van der Waals surface area contributed by atoms with Crippen LogP contribution in [0.4, 0.5) is 0 Å². The first-order valence-corrected chi connectivity index (χ1v) is 1.19. The van der Waals surface area contributed by atoms with Gasteiger partial charge in [-0.25, -0.2) is 0 Å². The van der Waals surface area contributed by atoms with Crippen LogP contribution in [0.15, 0.2) is 5.16 Å². The average Bonchev–Trinajstić information content (AvgIpc) is 1.76. The van der Waals surface area contributed by atoms with E-state index in [4.69, 9.17) is 0 Å². The van der Waals surface area contributed by atoms with Crippen molar-refractivity contribution in [1.82, 2.24) is 0 Å². The van der Waals surface area contributed by atoms with Gasteiger partial charge >= 0.3 is 6.40 Å². The van der Waals surface area contributed by atoms with Crippen molar-refractivity contribution in [2.24, 2.45) is 5.16 Å². The molecule has 1 aliphatic heterocycles. The predicted molar refractivity (Wildman–Crippen MR) is 14.5 cm³/mol. The Kier molecular flexibility index (Phi) is 0.463. The first-order valence-electron chi connectivity index (χ1n) is 1.19. The van der Waals surface area contributed by atoms with Crippen LogP contribution in [0, 0.1) is 0 Å². The minimum atomic E-state index is 0.222. The molecule has 0 spiro atoms. The fourth-order valence-electron chi connectivity index (χ4n) is 0.132. The van der Waals surface area contributed by atoms with Gasteiger partial charge in [-0.1, -0.05) is 0 Å². The summed E-state index contributed by atoms with van der Waals surface area (Å²) in [6.07, 6.45) is 2.12. The van der Waals surface area contributed by atoms with Gasteiger partial charge in [0.15, 0.2) is 0 Å². The molecule has 1 heterocycles. The molecular weight excluding hydrogens is 70.0 g/mol. The second-order valence-corrected chi connectivity index (χ2v) is 0.574. The Balaban J connectivity index is 2.32. The standard InChI is InChI=1S/C2H2NO2/c1-3-5-2-4-1/h2H2. The maximum Gasteiger partial charge on any atom is 0.320 e. The van der Waals surface area contributed by atoms with Crippen LogP contribution in [0.25, 0.3) is 0 Å². The molecule has 3 heteroatoms. The van der Waals surface area contributed by atoms with Crippen LogP contribution >= 0.6 is 0 Å². The van der Waals surface area contributed by atoms with Gasteiger partial charge in [-0.3, -0.25) is 0 Å². The van der Waals surface area contributed by atoms with E-state index in [9.17, 15) is 0 Å². The molecule has 0 N–H and O–H groups in total. The Morgan fingerprint density at radius 2 is 2.80 bits per heavy atom. The van der Waals surface area contributed by atoms with E-state index in [-0.39, 0.29) is 6.79 Å². The Morgan fingerprint density at radius 3 is 3.00 bits per heavy atom. The highest BCUT2D eigenvalue weighted by atomic mass is 16.8. The molecule has 0 aromatic carbocycles. The van der Waals surface area contributed by atoms with E-state index in [2.05, 4.69) is 21.1 Å². The highest BCUT2D eigenvalue weighted by Gasteiger charge is 1.86. The summed E-state index contributed by atoms with van der Waals surface area (Å²) < 4.78 is 4.31. The molecule has 0 aliphatic carbocycles. The van der Waals surface area contributed by atoms with Crippen LogP contribution in [0.5, 0.6) is 0 Å². The van der Waals surface area contributed by atoms with Gasteiger partial charge in [0.25, 0.3) is 6.79 Å². The summed E-state index contributed by atoms with van der Waals surface area (Å²) in [5.74, 6) is 0. The van der Waals surface area contributed by atoms with Crippen LogP contribution < -0.4 is 0 Å². The smallest absolute Gasteiger partial charge is 0.320 e. The van der Waals surface area contributed by atoms with Crippen molar-refractivity contribution in [3.63, 3.8) is 0 Å². The molecule has 0 fully saturated rings. The second-order valence-electron chi connectivity index (χ2n) is 0.574. The number of rotatable bonds is 0. The molecule has 0 amide bonds. The lowest BCUT2D eigenvalue weighted by Gasteiger charge is -1.77. The molecule has 1 aliphatic rings. The van der Waals surface area contributed by atoms with E-state index < -0.39 is 0 Å². The van der Waals surface area contributed by atoms with E-state index in [1.807, 2.05) is 0 Å².